The molecule has 82 valence electrons. The molecule has 8 heteroatoms. The molecule has 0 aliphatic rings. The van der Waals surface area contributed by atoms with E-state index in [-0.39, 0.29) is 15.9 Å². The first-order chi connectivity index (χ1) is 6.99. The Hall–Kier alpha value is -0.820. The third-order valence-corrected chi connectivity index (χ3v) is 2.73. The summed E-state index contributed by atoms with van der Waals surface area (Å²) >= 11 is 8.15. The number of rotatable bonds is 3. The fourth-order valence-electron chi connectivity index (χ4n) is 0.996. The van der Waals surface area contributed by atoms with Crippen LogP contribution in [0.2, 0.25) is 0 Å². The largest absolute Gasteiger partial charge is 0.378 e. The van der Waals surface area contributed by atoms with Crippen LogP contribution in [0.1, 0.15) is 17.6 Å². The Balaban J connectivity index is 3.42. The summed E-state index contributed by atoms with van der Waals surface area (Å²) in [6.45, 7) is 0. The summed E-state index contributed by atoms with van der Waals surface area (Å²) in [6, 6.07) is 0. The molecule has 4 nitrogen and oxygen atoms in total. The minimum absolute atomic E-state index is 0.0733. The van der Waals surface area contributed by atoms with Gasteiger partial charge in [-0.15, -0.1) is 11.6 Å². The van der Waals surface area contributed by atoms with Crippen LogP contribution in [0.5, 0.6) is 0 Å². The summed E-state index contributed by atoms with van der Waals surface area (Å²) in [7, 11) is 0. The first-order valence-corrected chi connectivity index (χ1v) is 4.97. The molecule has 0 saturated heterocycles. The van der Waals surface area contributed by atoms with Crippen molar-refractivity contribution in [2.45, 2.75) is 12.3 Å². The lowest BCUT2D eigenvalue weighted by molar-refractivity contribution is -0.390. The van der Waals surface area contributed by atoms with E-state index in [9.17, 15) is 18.9 Å². The maximum absolute atomic E-state index is 12.6. The highest BCUT2D eigenvalue weighted by molar-refractivity contribution is 9.10. The number of alkyl halides is 3. The highest BCUT2D eigenvalue weighted by Gasteiger charge is 2.26. The zero-order chi connectivity index (χ0) is 11.6. The number of hydrogen-bond acceptors (Lipinski definition) is 3. The van der Waals surface area contributed by atoms with Gasteiger partial charge >= 0.3 is 5.82 Å². The van der Waals surface area contributed by atoms with Gasteiger partial charge in [-0.05, 0) is 25.8 Å². The summed E-state index contributed by atoms with van der Waals surface area (Å²) < 4.78 is 24.8. The van der Waals surface area contributed by atoms with Crippen molar-refractivity contribution < 1.29 is 13.7 Å². The maximum Gasteiger partial charge on any atom is 0.378 e. The van der Waals surface area contributed by atoms with Crippen LogP contribution in [-0.2, 0) is 5.88 Å². The predicted molar refractivity (Wildman–Crippen MR) is 53.1 cm³/mol. The van der Waals surface area contributed by atoms with E-state index in [4.69, 9.17) is 11.6 Å². The normalized spacial score (nSPS) is 10.7. The van der Waals surface area contributed by atoms with Crippen molar-refractivity contribution in [3.8, 4) is 0 Å². The minimum Gasteiger partial charge on any atom is -0.358 e. The van der Waals surface area contributed by atoms with Crippen molar-refractivity contribution in [3.63, 3.8) is 0 Å². The van der Waals surface area contributed by atoms with Crippen LogP contribution < -0.4 is 0 Å². The highest BCUT2D eigenvalue weighted by Crippen LogP contribution is 2.35. The van der Waals surface area contributed by atoms with Crippen LogP contribution in [0.15, 0.2) is 10.7 Å². The fourth-order valence-corrected chi connectivity index (χ4v) is 1.88. The van der Waals surface area contributed by atoms with Crippen molar-refractivity contribution >= 4 is 33.3 Å². The summed E-state index contributed by atoms with van der Waals surface area (Å²) in [5.41, 5.74) is -0.407. The van der Waals surface area contributed by atoms with Gasteiger partial charge in [-0.3, -0.25) is 0 Å². The highest BCUT2D eigenvalue weighted by atomic mass is 79.9. The second-order valence-corrected chi connectivity index (χ2v) is 3.59. The minimum atomic E-state index is -2.84. The van der Waals surface area contributed by atoms with Crippen LogP contribution in [0, 0.1) is 10.1 Å². The first kappa shape index (κ1) is 12.3. The molecule has 1 aromatic rings. The van der Waals surface area contributed by atoms with Crippen molar-refractivity contribution in [2.75, 3.05) is 0 Å². The number of hydrogen-bond donors (Lipinski definition) is 0. The molecule has 1 rings (SSSR count). The Labute approximate surface area is 96.5 Å². The second kappa shape index (κ2) is 4.80. The van der Waals surface area contributed by atoms with Gasteiger partial charge < -0.3 is 10.1 Å². The van der Waals surface area contributed by atoms with Crippen LogP contribution in [0.3, 0.4) is 0 Å². The van der Waals surface area contributed by atoms with Gasteiger partial charge in [0.2, 0.25) is 0 Å². The van der Waals surface area contributed by atoms with E-state index in [0.29, 0.717) is 0 Å². The Morgan fingerprint density at radius 2 is 2.27 bits per heavy atom. The van der Waals surface area contributed by atoms with Gasteiger partial charge in [-0.1, -0.05) is 0 Å². The monoisotopic (exact) mass is 300 g/mol. The van der Waals surface area contributed by atoms with Crippen molar-refractivity contribution in [1.29, 1.82) is 0 Å². The van der Waals surface area contributed by atoms with E-state index in [1.165, 1.54) is 0 Å². The first-order valence-electron chi connectivity index (χ1n) is 3.64. The van der Waals surface area contributed by atoms with Crippen LogP contribution in [0.4, 0.5) is 14.6 Å². The lowest BCUT2D eigenvalue weighted by Crippen LogP contribution is -2.01. The van der Waals surface area contributed by atoms with E-state index in [0.717, 1.165) is 6.20 Å². The summed E-state index contributed by atoms with van der Waals surface area (Å²) in [5.74, 6) is -0.817. The van der Waals surface area contributed by atoms with E-state index in [1.54, 1.807) is 0 Å². The molecule has 15 heavy (non-hydrogen) atoms. The average Bonchev–Trinajstić information content (AvgIpc) is 2.15. The van der Waals surface area contributed by atoms with Gasteiger partial charge in [0, 0.05) is 11.1 Å². The molecule has 0 bridgehead atoms. The number of halogens is 4. The van der Waals surface area contributed by atoms with Gasteiger partial charge in [0.25, 0.3) is 6.43 Å². The Morgan fingerprint density at radius 1 is 1.67 bits per heavy atom. The Bertz CT molecular complexity index is 403. The van der Waals surface area contributed by atoms with Gasteiger partial charge in [0.1, 0.15) is 10.7 Å². The third-order valence-electron chi connectivity index (χ3n) is 1.66. The van der Waals surface area contributed by atoms with Crippen molar-refractivity contribution in [3.05, 3.63) is 31.9 Å². The lowest BCUT2D eigenvalue weighted by atomic mass is 10.1. The number of nitro groups is 1. The standard InChI is InChI=1S/C7H4BrClF2N2O2/c8-5-4(6(10)11)3(1-9)2-12-7(5)13(14)15/h2,6H,1H2. The Kier molecular flexibility index (Phi) is 3.92. The number of nitrogens with zero attached hydrogens (tertiary/aromatic N) is 2. The van der Waals surface area contributed by atoms with Gasteiger partial charge in [-0.2, -0.15) is 0 Å². The maximum atomic E-state index is 12.6. The molecular weight excluding hydrogens is 297 g/mol. The molecule has 0 aromatic carbocycles. The summed E-state index contributed by atoms with van der Waals surface area (Å²) in [4.78, 5) is 13.0. The Morgan fingerprint density at radius 3 is 2.67 bits per heavy atom. The topological polar surface area (TPSA) is 56.0 Å². The quantitative estimate of drug-likeness (QED) is 0.488. The van der Waals surface area contributed by atoms with E-state index >= 15 is 0 Å². The van der Waals surface area contributed by atoms with Gasteiger partial charge in [-0.25, -0.2) is 8.78 Å². The van der Waals surface area contributed by atoms with Crippen LogP contribution in [-0.4, -0.2) is 9.91 Å². The van der Waals surface area contributed by atoms with E-state index in [1.807, 2.05) is 0 Å². The van der Waals surface area contributed by atoms with Crippen LogP contribution in [0.25, 0.3) is 0 Å². The number of aromatic nitrogens is 1. The second-order valence-electron chi connectivity index (χ2n) is 2.53. The third kappa shape index (κ3) is 2.40. The predicted octanol–water partition coefficient (Wildman–Crippen LogP) is 3.43. The summed E-state index contributed by atoms with van der Waals surface area (Å²) in [6.07, 6.45) is -1.85. The van der Waals surface area contributed by atoms with Gasteiger partial charge in [0.05, 0.1) is 5.88 Å². The molecule has 0 N–H and O–H groups in total. The number of pyridine rings is 1. The molecule has 0 spiro atoms. The van der Waals surface area contributed by atoms with Gasteiger partial charge in [0.15, 0.2) is 0 Å². The van der Waals surface area contributed by atoms with E-state index in [2.05, 4.69) is 20.9 Å². The molecule has 0 unspecified atom stereocenters. The zero-order valence-electron chi connectivity index (χ0n) is 7.08. The average molecular weight is 301 g/mol. The molecule has 0 aliphatic heterocycles. The molecule has 1 heterocycles. The molecule has 0 saturated carbocycles. The van der Waals surface area contributed by atoms with Crippen molar-refractivity contribution in [2.24, 2.45) is 0 Å². The molecule has 0 fully saturated rings. The molecule has 0 radical (unpaired) electrons. The molecular formula is C7H4BrClF2N2O2. The SMILES string of the molecule is O=[N+]([O-])c1ncc(CCl)c(C(F)F)c1Br. The zero-order valence-corrected chi connectivity index (χ0v) is 9.43. The van der Waals surface area contributed by atoms with E-state index < -0.39 is 22.7 Å². The summed E-state index contributed by atoms with van der Waals surface area (Å²) in [5, 5.41) is 10.4. The van der Waals surface area contributed by atoms with Crippen LogP contribution >= 0.6 is 27.5 Å². The van der Waals surface area contributed by atoms with Crippen molar-refractivity contribution in [1.82, 2.24) is 4.98 Å². The smallest absolute Gasteiger partial charge is 0.358 e. The lowest BCUT2D eigenvalue weighted by Gasteiger charge is -2.06. The molecule has 0 amide bonds. The fraction of sp³-hybridized carbons (Fsp3) is 0.286. The molecule has 0 atom stereocenters. The molecule has 1 aromatic heterocycles. The molecule has 0 aliphatic carbocycles.